The molecule has 30 heavy (non-hydrogen) atoms. The maximum absolute atomic E-state index is 12.8. The molecule has 0 fully saturated rings. The Morgan fingerprint density at radius 2 is 1.73 bits per heavy atom. The minimum absolute atomic E-state index is 0.00400. The van der Waals surface area contributed by atoms with E-state index in [0.717, 1.165) is 22.5 Å². The van der Waals surface area contributed by atoms with E-state index in [-0.39, 0.29) is 24.0 Å². The molecule has 2 amide bonds. The molecular formula is C21H20N4O4S. The van der Waals surface area contributed by atoms with Crippen LogP contribution in [-0.4, -0.2) is 21.7 Å². The second-order valence-electron chi connectivity index (χ2n) is 6.57. The van der Waals surface area contributed by atoms with Gasteiger partial charge in [0.25, 0.3) is 11.6 Å². The van der Waals surface area contributed by atoms with Crippen molar-refractivity contribution in [2.75, 3.05) is 5.32 Å². The number of anilines is 1. The number of non-ortho nitro benzene ring substituents is 1. The Morgan fingerprint density at radius 3 is 2.37 bits per heavy atom. The van der Waals surface area contributed by atoms with Gasteiger partial charge in [-0.2, -0.15) is 0 Å². The van der Waals surface area contributed by atoms with Crippen molar-refractivity contribution in [2.24, 2.45) is 0 Å². The van der Waals surface area contributed by atoms with Crippen LogP contribution in [0.4, 0.5) is 10.8 Å². The predicted molar refractivity (Wildman–Crippen MR) is 115 cm³/mol. The molecule has 0 aliphatic rings. The number of nitrogens with one attached hydrogen (secondary N) is 2. The van der Waals surface area contributed by atoms with Crippen LogP contribution in [0.1, 0.15) is 33.4 Å². The Morgan fingerprint density at radius 1 is 1.03 bits per heavy atom. The first-order chi connectivity index (χ1) is 14.4. The van der Waals surface area contributed by atoms with Crippen LogP contribution in [0.5, 0.6) is 0 Å². The molecule has 0 spiro atoms. The van der Waals surface area contributed by atoms with Crippen LogP contribution >= 0.6 is 11.3 Å². The lowest BCUT2D eigenvalue weighted by Gasteiger charge is -2.06. The number of carbonyl (C=O) groups is 2. The van der Waals surface area contributed by atoms with Crippen molar-refractivity contribution in [3.05, 3.63) is 86.4 Å². The number of hydrogen-bond donors (Lipinski definition) is 2. The molecule has 154 valence electrons. The highest BCUT2D eigenvalue weighted by atomic mass is 32.1. The third-order valence-corrected chi connectivity index (χ3v) is 5.29. The summed E-state index contributed by atoms with van der Waals surface area (Å²) in [6.07, 6.45) is 1.27. The lowest BCUT2D eigenvalue weighted by Crippen LogP contribution is -2.23. The summed E-state index contributed by atoms with van der Waals surface area (Å²) < 4.78 is 0. The van der Waals surface area contributed by atoms with Gasteiger partial charge in [0.05, 0.1) is 10.6 Å². The highest BCUT2D eigenvalue weighted by molar-refractivity contribution is 7.17. The second kappa shape index (κ2) is 9.75. The molecule has 2 N–H and O–H groups in total. The Bertz CT molecular complexity index is 1050. The summed E-state index contributed by atoms with van der Waals surface area (Å²) >= 11 is 1.13. The summed E-state index contributed by atoms with van der Waals surface area (Å²) in [6.45, 7) is 1.61. The number of benzene rings is 2. The molecule has 0 aliphatic carbocycles. The zero-order valence-electron chi connectivity index (χ0n) is 16.3. The number of rotatable bonds is 8. The summed E-state index contributed by atoms with van der Waals surface area (Å²) in [5.74, 6) is -0.554. The number of carbonyl (C=O) groups excluding carboxylic acids is 2. The maximum atomic E-state index is 12.8. The molecule has 1 heterocycles. The molecule has 0 saturated carbocycles. The minimum Gasteiger partial charge on any atom is -0.347 e. The highest BCUT2D eigenvalue weighted by Crippen LogP contribution is 2.25. The van der Waals surface area contributed by atoms with Crippen LogP contribution in [-0.2, 0) is 24.2 Å². The first-order valence-electron chi connectivity index (χ1n) is 9.25. The number of hydrogen-bond acceptors (Lipinski definition) is 6. The van der Waals surface area contributed by atoms with Crippen LogP contribution < -0.4 is 10.6 Å². The van der Waals surface area contributed by atoms with Gasteiger partial charge in [0.1, 0.15) is 4.88 Å². The van der Waals surface area contributed by atoms with Gasteiger partial charge >= 0.3 is 0 Å². The van der Waals surface area contributed by atoms with Crippen LogP contribution in [0, 0.1) is 10.1 Å². The molecule has 0 aliphatic heterocycles. The van der Waals surface area contributed by atoms with Crippen LogP contribution in [0.3, 0.4) is 0 Å². The van der Waals surface area contributed by atoms with Gasteiger partial charge in [-0.3, -0.25) is 19.7 Å². The third-order valence-electron chi connectivity index (χ3n) is 4.28. The summed E-state index contributed by atoms with van der Waals surface area (Å²) in [5.41, 5.74) is 2.49. The molecule has 0 saturated heterocycles. The van der Waals surface area contributed by atoms with E-state index in [4.69, 9.17) is 0 Å². The van der Waals surface area contributed by atoms with Gasteiger partial charge < -0.3 is 10.6 Å². The van der Waals surface area contributed by atoms with E-state index in [2.05, 4.69) is 15.6 Å². The largest absolute Gasteiger partial charge is 0.347 e. The van der Waals surface area contributed by atoms with Crippen molar-refractivity contribution in [2.45, 2.75) is 26.3 Å². The van der Waals surface area contributed by atoms with Gasteiger partial charge in [0.2, 0.25) is 5.91 Å². The fourth-order valence-electron chi connectivity index (χ4n) is 2.81. The summed E-state index contributed by atoms with van der Waals surface area (Å²) in [6, 6.07) is 15.9. The van der Waals surface area contributed by atoms with E-state index in [1.807, 2.05) is 30.3 Å². The van der Waals surface area contributed by atoms with E-state index in [1.165, 1.54) is 19.1 Å². The smallest absolute Gasteiger partial charge is 0.269 e. The summed E-state index contributed by atoms with van der Waals surface area (Å²) in [7, 11) is 0. The quantitative estimate of drug-likeness (QED) is 0.422. The first kappa shape index (κ1) is 21.1. The molecule has 2 aromatic carbocycles. The number of nitro groups is 1. The highest BCUT2D eigenvalue weighted by Gasteiger charge is 2.19. The fourth-order valence-corrected chi connectivity index (χ4v) is 3.78. The van der Waals surface area contributed by atoms with Crippen LogP contribution in [0.15, 0.2) is 54.6 Å². The van der Waals surface area contributed by atoms with E-state index in [9.17, 15) is 19.7 Å². The van der Waals surface area contributed by atoms with Crippen molar-refractivity contribution in [3.8, 4) is 0 Å². The molecule has 9 heteroatoms. The topological polar surface area (TPSA) is 114 Å². The van der Waals surface area contributed by atoms with Gasteiger partial charge in [0, 0.05) is 25.6 Å². The average molecular weight is 424 g/mol. The second-order valence-corrected chi connectivity index (χ2v) is 7.57. The van der Waals surface area contributed by atoms with Crippen LogP contribution in [0.25, 0.3) is 0 Å². The minimum atomic E-state index is -0.470. The SMILES string of the molecule is CC(=O)Nc1nc(CCc2ccccc2)c(C(=O)NCc2ccc([N+](=O)[O-])cc2)s1. The van der Waals surface area contributed by atoms with Gasteiger partial charge in [-0.1, -0.05) is 53.8 Å². The molecule has 3 rings (SSSR count). The Kier molecular flexibility index (Phi) is 6.87. The van der Waals surface area contributed by atoms with Crippen molar-refractivity contribution < 1.29 is 14.5 Å². The first-order valence-corrected chi connectivity index (χ1v) is 10.1. The standard InChI is InChI=1S/C21H20N4O4S/c1-14(26)23-21-24-18(12-9-15-5-3-2-4-6-15)19(30-21)20(27)22-13-16-7-10-17(11-8-16)25(28)29/h2-8,10-11H,9,12-13H2,1H3,(H,22,27)(H,23,24,26). The number of nitrogens with zero attached hydrogens (tertiary/aromatic N) is 2. The van der Waals surface area contributed by atoms with Gasteiger partial charge in [-0.05, 0) is 24.0 Å². The number of aryl methyl sites for hydroxylation is 2. The molecule has 0 atom stereocenters. The van der Waals surface area contributed by atoms with Crippen LogP contribution in [0.2, 0.25) is 0 Å². The molecule has 0 unspecified atom stereocenters. The lowest BCUT2D eigenvalue weighted by atomic mass is 10.1. The molecule has 0 bridgehead atoms. The van der Waals surface area contributed by atoms with Crippen molar-refractivity contribution in [1.29, 1.82) is 0 Å². The fraction of sp³-hybridized carbons (Fsp3) is 0.190. The molecule has 3 aromatic rings. The molecule has 0 radical (unpaired) electrons. The Balaban J connectivity index is 1.71. The van der Waals surface area contributed by atoms with E-state index in [0.29, 0.717) is 28.5 Å². The number of thiazole rings is 1. The van der Waals surface area contributed by atoms with E-state index < -0.39 is 4.92 Å². The third kappa shape index (κ3) is 5.71. The number of aromatic nitrogens is 1. The summed E-state index contributed by atoms with van der Waals surface area (Å²) in [4.78, 5) is 39.3. The Labute approximate surface area is 177 Å². The van der Waals surface area contributed by atoms with Gasteiger partial charge in [-0.15, -0.1) is 0 Å². The normalized spacial score (nSPS) is 10.4. The maximum Gasteiger partial charge on any atom is 0.269 e. The lowest BCUT2D eigenvalue weighted by molar-refractivity contribution is -0.384. The van der Waals surface area contributed by atoms with Crippen molar-refractivity contribution in [1.82, 2.24) is 10.3 Å². The monoisotopic (exact) mass is 424 g/mol. The number of nitro benzene ring substituents is 1. The summed E-state index contributed by atoms with van der Waals surface area (Å²) in [5, 5.41) is 16.6. The molecule has 1 aromatic heterocycles. The van der Waals surface area contributed by atoms with Crippen molar-refractivity contribution >= 4 is 34.0 Å². The zero-order valence-corrected chi connectivity index (χ0v) is 17.1. The zero-order chi connectivity index (χ0) is 21.5. The Hall–Kier alpha value is -3.59. The van der Waals surface area contributed by atoms with Gasteiger partial charge in [0.15, 0.2) is 5.13 Å². The molecular weight excluding hydrogens is 404 g/mol. The van der Waals surface area contributed by atoms with E-state index >= 15 is 0 Å². The van der Waals surface area contributed by atoms with E-state index in [1.54, 1.807) is 12.1 Å². The molecule has 8 nitrogen and oxygen atoms in total. The average Bonchev–Trinajstić information content (AvgIpc) is 3.13. The van der Waals surface area contributed by atoms with Gasteiger partial charge in [-0.25, -0.2) is 4.98 Å². The number of amides is 2. The van der Waals surface area contributed by atoms with Crippen molar-refractivity contribution in [3.63, 3.8) is 0 Å². The predicted octanol–water partition coefficient (Wildman–Crippen LogP) is 3.72.